The Kier molecular flexibility index (Phi) is 7.20. The van der Waals surface area contributed by atoms with Gasteiger partial charge in [-0.3, -0.25) is 0 Å². The minimum atomic E-state index is -1.04. The Hall–Kier alpha value is -8.04. The normalized spacial score (nSPS) is 11.7. The van der Waals surface area contributed by atoms with E-state index < -0.39 is 46.0 Å². The predicted octanol–water partition coefficient (Wildman–Crippen LogP) is 11.4. The number of hydrogen-bond donors (Lipinski definition) is 8. The summed E-state index contributed by atoms with van der Waals surface area (Å²) in [4.78, 5) is 0. The number of hydrogen-bond acceptors (Lipinski definition) is 9. The summed E-state index contributed by atoms with van der Waals surface area (Å²) in [6, 6.07) is 41.2. The topological polar surface area (TPSA) is 175 Å². The van der Waals surface area contributed by atoms with Crippen molar-refractivity contribution in [2.24, 2.45) is 0 Å². The number of benzene rings is 9. The van der Waals surface area contributed by atoms with Gasteiger partial charge in [0.15, 0.2) is 23.0 Å². The molecular weight excluding hydrogens is 721 g/mol. The van der Waals surface area contributed by atoms with Gasteiger partial charge in [0, 0.05) is 43.4 Å². The van der Waals surface area contributed by atoms with Gasteiger partial charge in [-0.2, -0.15) is 0 Å². The summed E-state index contributed by atoms with van der Waals surface area (Å²) >= 11 is 0. The molecule has 0 aliphatic heterocycles. The minimum absolute atomic E-state index is 0.0287. The van der Waals surface area contributed by atoms with Gasteiger partial charge in [-0.1, -0.05) is 109 Å². The SMILES string of the molecule is Oc1c(O)c(O)c2c(-c3ccccc3-c3ccc(-c4ccccc4)cc3)c3c(O)c(O)c(O)c(O)c3c(-c3ccc4oc5cc6ccccc6cc5c4c3)c2c1O. The van der Waals surface area contributed by atoms with Gasteiger partial charge in [-0.15, -0.1) is 0 Å². The van der Waals surface area contributed by atoms with Crippen molar-refractivity contribution in [3.8, 4) is 90.5 Å². The first-order valence-electron chi connectivity index (χ1n) is 18.0. The average molecular weight is 751 g/mol. The van der Waals surface area contributed by atoms with E-state index in [1.807, 2.05) is 91.0 Å². The molecule has 1 aromatic heterocycles. The molecule has 0 saturated heterocycles. The van der Waals surface area contributed by atoms with E-state index in [1.54, 1.807) is 42.5 Å². The largest absolute Gasteiger partial charge is 0.504 e. The number of aromatic hydroxyl groups is 8. The lowest BCUT2D eigenvalue weighted by Gasteiger charge is -2.23. The van der Waals surface area contributed by atoms with E-state index in [1.165, 1.54) is 0 Å². The number of phenolic OH excluding ortho intramolecular Hbond substituents is 8. The van der Waals surface area contributed by atoms with Crippen LogP contribution in [0.3, 0.4) is 0 Å². The van der Waals surface area contributed by atoms with E-state index in [-0.39, 0.29) is 32.7 Å². The summed E-state index contributed by atoms with van der Waals surface area (Å²) in [5.41, 5.74) is 4.92. The third kappa shape index (κ3) is 4.82. The fourth-order valence-corrected chi connectivity index (χ4v) is 8.22. The Morgan fingerprint density at radius 1 is 0.298 bits per heavy atom. The Balaban J connectivity index is 1.34. The summed E-state index contributed by atoms with van der Waals surface area (Å²) in [6.45, 7) is 0. The first kappa shape index (κ1) is 33.5. The van der Waals surface area contributed by atoms with Crippen LogP contribution in [0, 0.1) is 0 Å². The maximum atomic E-state index is 11.8. The fraction of sp³-hybridized carbons (Fsp3) is 0. The minimum Gasteiger partial charge on any atom is -0.504 e. The molecule has 9 nitrogen and oxygen atoms in total. The van der Waals surface area contributed by atoms with Crippen molar-refractivity contribution >= 4 is 54.3 Å². The first-order valence-corrected chi connectivity index (χ1v) is 18.0. The first-order chi connectivity index (χ1) is 27.6. The summed E-state index contributed by atoms with van der Waals surface area (Å²) in [6.07, 6.45) is 0. The molecule has 8 N–H and O–H groups in total. The summed E-state index contributed by atoms with van der Waals surface area (Å²) in [5, 5.41) is 94.0. The predicted molar refractivity (Wildman–Crippen MR) is 221 cm³/mol. The molecule has 9 aromatic carbocycles. The molecule has 0 radical (unpaired) electrons. The van der Waals surface area contributed by atoms with E-state index >= 15 is 0 Å². The van der Waals surface area contributed by atoms with E-state index in [2.05, 4.69) is 0 Å². The van der Waals surface area contributed by atoms with Gasteiger partial charge in [0.1, 0.15) is 11.2 Å². The van der Waals surface area contributed by atoms with Crippen LogP contribution in [-0.2, 0) is 0 Å². The molecule has 276 valence electrons. The Labute approximate surface area is 322 Å². The molecule has 0 aliphatic carbocycles. The average Bonchev–Trinajstić information content (AvgIpc) is 3.61. The molecule has 10 aromatic rings. The third-order valence-electron chi connectivity index (χ3n) is 10.9. The second-order valence-corrected chi connectivity index (χ2v) is 14.0. The van der Waals surface area contributed by atoms with Crippen LogP contribution < -0.4 is 0 Å². The standard InChI is InChI=1S/C48H30O9/c49-41-37-35(28-18-19-33-31(21-28)32-20-26-10-4-5-11-27(26)22-34(32)57-33)38-40(44(52)48(56)46(54)42(38)50)36(39(37)43(51)47(55)45(41)53)30-13-7-6-12-29(30)25-16-14-24(15-17-25)23-8-2-1-3-9-23/h1-22,49-56H. The Morgan fingerprint density at radius 2 is 0.737 bits per heavy atom. The Bertz CT molecular complexity index is 3230. The molecule has 0 aliphatic rings. The van der Waals surface area contributed by atoms with Crippen LogP contribution in [0.15, 0.2) is 138 Å². The molecule has 1 heterocycles. The zero-order valence-electron chi connectivity index (χ0n) is 29.7. The number of phenols is 8. The summed E-state index contributed by atoms with van der Waals surface area (Å²) in [7, 11) is 0. The van der Waals surface area contributed by atoms with Gasteiger partial charge in [-0.05, 0) is 68.4 Å². The highest BCUT2D eigenvalue weighted by molar-refractivity contribution is 6.30. The molecule has 57 heavy (non-hydrogen) atoms. The lowest BCUT2D eigenvalue weighted by Crippen LogP contribution is -1.96. The fourth-order valence-electron chi connectivity index (χ4n) is 8.22. The molecule has 0 unspecified atom stereocenters. The van der Waals surface area contributed by atoms with E-state index in [0.717, 1.165) is 27.3 Å². The van der Waals surface area contributed by atoms with Gasteiger partial charge in [-0.25, -0.2) is 0 Å². The molecule has 0 atom stereocenters. The lowest BCUT2D eigenvalue weighted by molar-refractivity contribution is 0.350. The molecule has 9 heteroatoms. The van der Waals surface area contributed by atoms with Crippen molar-refractivity contribution in [1.82, 2.24) is 0 Å². The highest BCUT2D eigenvalue weighted by Gasteiger charge is 2.33. The van der Waals surface area contributed by atoms with E-state index in [4.69, 9.17) is 4.42 Å². The highest BCUT2D eigenvalue weighted by atomic mass is 16.4. The summed E-state index contributed by atoms with van der Waals surface area (Å²) < 4.78 is 6.22. The second-order valence-electron chi connectivity index (χ2n) is 14.0. The summed E-state index contributed by atoms with van der Waals surface area (Å²) in [5.74, 6) is -7.54. The second kappa shape index (κ2) is 12.2. The van der Waals surface area contributed by atoms with Crippen molar-refractivity contribution in [2.45, 2.75) is 0 Å². The molecule has 0 spiro atoms. The molecular formula is C48H30O9. The van der Waals surface area contributed by atoms with Crippen LogP contribution in [0.1, 0.15) is 0 Å². The van der Waals surface area contributed by atoms with E-state index in [0.29, 0.717) is 38.8 Å². The molecule has 10 rings (SSSR count). The number of rotatable bonds is 4. The zero-order chi connectivity index (χ0) is 39.3. The van der Waals surface area contributed by atoms with Crippen LogP contribution in [0.5, 0.6) is 46.0 Å². The van der Waals surface area contributed by atoms with Crippen molar-refractivity contribution in [3.05, 3.63) is 133 Å². The van der Waals surface area contributed by atoms with Crippen molar-refractivity contribution < 1.29 is 45.3 Å². The lowest BCUT2D eigenvalue weighted by atomic mass is 9.81. The van der Waals surface area contributed by atoms with Gasteiger partial charge in [0.2, 0.25) is 23.0 Å². The van der Waals surface area contributed by atoms with Crippen molar-refractivity contribution in [2.75, 3.05) is 0 Å². The zero-order valence-corrected chi connectivity index (χ0v) is 29.7. The molecule has 0 saturated carbocycles. The quantitative estimate of drug-likeness (QED) is 0.0494. The smallest absolute Gasteiger partial charge is 0.204 e. The number of furan rings is 1. The third-order valence-corrected chi connectivity index (χ3v) is 10.9. The maximum absolute atomic E-state index is 11.8. The molecule has 0 bridgehead atoms. The van der Waals surface area contributed by atoms with Crippen LogP contribution in [-0.4, -0.2) is 40.9 Å². The van der Waals surface area contributed by atoms with Gasteiger partial charge in [0.05, 0.1) is 0 Å². The van der Waals surface area contributed by atoms with Crippen LogP contribution >= 0.6 is 0 Å². The van der Waals surface area contributed by atoms with Gasteiger partial charge >= 0.3 is 0 Å². The monoisotopic (exact) mass is 750 g/mol. The van der Waals surface area contributed by atoms with Crippen LogP contribution in [0.4, 0.5) is 0 Å². The molecule has 0 amide bonds. The van der Waals surface area contributed by atoms with Crippen molar-refractivity contribution in [3.63, 3.8) is 0 Å². The Morgan fingerprint density at radius 3 is 1.33 bits per heavy atom. The highest BCUT2D eigenvalue weighted by Crippen LogP contribution is 2.62. The van der Waals surface area contributed by atoms with Crippen LogP contribution in [0.2, 0.25) is 0 Å². The number of fused-ring (bicyclic) bond motifs is 6. The van der Waals surface area contributed by atoms with E-state index in [9.17, 15) is 40.9 Å². The van der Waals surface area contributed by atoms with Crippen molar-refractivity contribution in [1.29, 1.82) is 0 Å². The maximum Gasteiger partial charge on any atom is 0.204 e. The van der Waals surface area contributed by atoms with Crippen LogP contribution in [0.25, 0.3) is 98.8 Å². The molecule has 0 fully saturated rings. The van der Waals surface area contributed by atoms with Gasteiger partial charge < -0.3 is 45.3 Å². The van der Waals surface area contributed by atoms with Gasteiger partial charge in [0.25, 0.3) is 0 Å².